The van der Waals surface area contributed by atoms with E-state index in [0.717, 1.165) is 11.4 Å². The number of ether oxygens (including phenoxy) is 1. The maximum Gasteiger partial charge on any atom is 0.228 e. The van der Waals surface area contributed by atoms with Gasteiger partial charge in [-0.05, 0) is 32.9 Å². The minimum Gasteiger partial charge on any atom is -0.490 e. The standard InChI is InChI=1S/C15H22N2O2/c1-15(2,3)16-9-8-14(18)17-10-11-19-13-7-5-4-6-12(13)17/h4-7,16H,8-11H2,1-3H3. The third kappa shape index (κ3) is 3.70. The summed E-state index contributed by atoms with van der Waals surface area (Å²) in [6, 6.07) is 7.70. The van der Waals surface area contributed by atoms with E-state index in [0.29, 0.717) is 26.1 Å². The zero-order chi connectivity index (χ0) is 13.9. The SMILES string of the molecule is CC(C)(C)NCCC(=O)N1CCOc2ccccc21. The highest BCUT2D eigenvalue weighted by Gasteiger charge is 2.23. The lowest BCUT2D eigenvalue weighted by molar-refractivity contribution is -0.118. The van der Waals surface area contributed by atoms with Crippen LogP contribution >= 0.6 is 0 Å². The van der Waals surface area contributed by atoms with Crippen molar-refractivity contribution in [3.63, 3.8) is 0 Å². The van der Waals surface area contributed by atoms with Crippen LogP contribution in [0.15, 0.2) is 24.3 Å². The van der Waals surface area contributed by atoms with Crippen molar-refractivity contribution in [2.24, 2.45) is 0 Å². The number of fused-ring (bicyclic) bond motifs is 1. The lowest BCUT2D eigenvalue weighted by Gasteiger charge is -2.30. The molecule has 0 saturated heterocycles. The Morgan fingerprint density at radius 1 is 1.37 bits per heavy atom. The Morgan fingerprint density at radius 2 is 2.11 bits per heavy atom. The molecule has 1 aliphatic heterocycles. The second-order valence-electron chi connectivity index (χ2n) is 5.79. The first-order valence-electron chi connectivity index (χ1n) is 6.74. The second kappa shape index (κ2) is 5.61. The van der Waals surface area contributed by atoms with Gasteiger partial charge in [0.05, 0.1) is 12.2 Å². The van der Waals surface area contributed by atoms with Crippen molar-refractivity contribution >= 4 is 11.6 Å². The van der Waals surface area contributed by atoms with Crippen LogP contribution in [0.3, 0.4) is 0 Å². The van der Waals surface area contributed by atoms with E-state index in [1.807, 2.05) is 29.2 Å². The van der Waals surface area contributed by atoms with Gasteiger partial charge in [0, 0.05) is 18.5 Å². The molecule has 19 heavy (non-hydrogen) atoms. The van der Waals surface area contributed by atoms with E-state index in [-0.39, 0.29) is 11.4 Å². The molecule has 0 aromatic heterocycles. The van der Waals surface area contributed by atoms with Crippen molar-refractivity contribution in [2.75, 3.05) is 24.6 Å². The Kier molecular flexibility index (Phi) is 4.10. The van der Waals surface area contributed by atoms with Crippen molar-refractivity contribution in [2.45, 2.75) is 32.7 Å². The number of carbonyl (C=O) groups is 1. The first-order valence-corrected chi connectivity index (χ1v) is 6.74. The van der Waals surface area contributed by atoms with Crippen LogP contribution in [0.2, 0.25) is 0 Å². The second-order valence-corrected chi connectivity index (χ2v) is 5.79. The Morgan fingerprint density at radius 3 is 2.84 bits per heavy atom. The van der Waals surface area contributed by atoms with Crippen LogP contribution in [0.25, 0.3) is 0 Å². The molecule has 1 heterocycles. The van der Waals surface area contributed by atoms with Crippen LogP contribution < -0.4 is 15.0 Å². The maximum atomic E-state index is 12.3. The van der Waals surface area contributed by atoms with Gasteiger partial charge in [-0.25, -0.2) is 0 Å². The minimum atomic E-state index is 0.0448. The smallest absolute Gasteiger partial charge is 0.228 e. The summed E-state index contributed by atoms with van der Waals surface area (Å²) < 4.78 is 5.55. The van der Waals surface area contributed by atoms with Gasteiger partial charge in [0.1, 0.15) is 12.4 Å². The first kappa shape index (κ1) is 13.9. The highest BCUT2D eigenvalue weighted by atomic mass is 16.5. The molecular weight excluding hydrogens is 240 g/mol. The molecule has 1 aromatic rings. The van der Waals surface area contributed by atoms with E-state index in [1.54, 1.807) is 0 Å². The van der Waals surface area contributed by atoms with Gasteiger partial charge < -0.3 is 15.0 Å². The molecule has 1 aliphatic rings. The van der Waals surface area contributed by atoms with Crippen LogP contribution in [-0.4, -0.2) is 31.1 Å². The van der Waals surface area contributed by atoms with Crippen LogP contribution in [-0.2, 0) is 4.79 Å². The van der Waals surface area contributed by atoms with Crippen LogP contribution in [0.5, 0.6) is 5.75 Å². The molecule has 0 spiro atoms. The molecule has 1 aromatic carbocycles. The predicted octanol–water partition coefficient (Wildman–Crippen LogP) is 2.19. The molecule has 0 aliphatic carbocycles. The van der Waals surface area contributed by atoms with Gasteiger partial charge in [-0.15, -0.1) is 0 Å². The largest absolute Gasteiger partial charge is 0.490 e. The van der Waals surface area contributed by atoms with Gasteiger partial charge >= 0.3 is 0 Å². The lowest BCUT2D eigenvalue weighted by atomic mass is 10.1. The number of hydrogen-bond acceptors (Lipinski definition) is 3. The Balaban J connectivity index is 1.97. The van der Waals surface area contributed by atoms with Crippen molar-refractivity contribution in [3.05, 3.63) is 24.3 Å². The molecular formula is C15H22N2O2. The van der Waals surface area contributed by atoms with Crippen molar-refractivity contribution in [1.82, 2.24) is 5.32 Å². The first-order chi connectivity index (χ1) is 8.97. The van der Waals surface area contributed by atoms with Gasteiger partial charge in [0.15, 0.2) is 0 Å². The van der Waals surface area contributed by atoms with E-state index >= 15 is 0 Å². The van der Waals surface area contributed by atoms with Gasteiger partial charge in [-0.3, -0.25) is 4.79 Å². The van der Waals surface area contributed by atoms with Crippen molar-refractivity contribution in [3.8, 4) is 5.75 Å². The van der Waals surface area contributed by atoms with E-state index < -0.39 is 0 Å². The van der Waals surface area contributed by atoms with Crippen molar-refractivity contribution < 1.29 is 9.53 Å². The third-order valence-corrected chi connectivity index (χ3v) is 3.02. The number of hydrogen-bond donors (Lipinski definition) is 1. The maximum absolute atomic E-state index is 12.3. The zero-order valence-corrected chi connectivity index (χ0v) is 11.9. The molecule has 0 radical (unpaired) electrons. The monoisotopic (exact) mass is 262 g/mol. The fraction of sp³-hybridized carbons (Fsp3) is 0.533. The summed E-state index contributed by atoms with van der Waals surface area (Å²) in [6.07, 6.45) is 0.506. The number of para-hydroxylation sites is 2. The fourth-order valence-corrected chi connectivity index (χ4v) is 2.11. The number of anilines is 1. The highest BCUT2D eigenvalue weighted by Crippen LogP contribution is 2.31. The average molecular weight is 262 g/mol. The quantitative estimate of drug-likeness (QED) is 0.908. The summed E-state index contributed by atoms with van der Waals surface area (Å²) in [4.78, 5) is 14.1. The molecule has 0 saturated carbocycles. The summed E-state index contributed by atoms with van der Waals surface area (Å²) >= 11 is 0. The molecule has 104 valence electrons. The van der Waals surface area contributed by atoms with E-state index in [1.165, 1.54) is 0 Å². The van der Waals surface area contributed by atoms with Gasteiger partial charge in [-0.1, -0.05) is 12.1 Å². The summed E-state index contributed by atoms with van der Waals surface area (Å²) in [6.45, 7) is 8.19. The number of benzene rings is 1. The molecule has 0 bridgehead atoms. The summed E-state index contributed by atoms with van der Waals surface area (Å²) in [7, 11) is 0. The van der Waals surface area contributed by atoms with Crippen LogP contribution in [0.4, 0.5) is 5.69 Å². The molecule has 0 fully saturated rings. The molecule has 1 amide bonds. The molecule has 4 heteroatoms. The molecule has 0 atom stereocenters. The molecule has 0 unspecified atom stereocenters. The topological polar surface area (TPSA) is 41.6 Å². The van der Waals surface area contributed by atoms with E-state index in [4.69, 9.17) is 4.74 Å². The van der Waals surface area contributed by atoms with E-state index in [9.17, 15) is 4.79 Å². The number of nitrogens with one attached hydrogen (secondary N) is 1. The van der Waals surface area contributed by atoms with Gasteiger partial charge in [-0.2, -0.15) is 0 Å². The summed E-state index contributed by atoms with van der Waals surface area (Å²) in [5.74, 6) is 0.943. The Bertz CT molecular complexity index is 452. The molecule has 1 N–H and O–H groups in total. The summed E-state index contributed by atoms with van der Waals surface area (Å²) in [5, 5.41) is 3.34. The normalized spacial score (nSPS) is 14.8. The predicted molar refractivity (Wildman–Crippen MR) is 76.7 cm³/mol. The third-order valence-electron chi connectivity index (χ3n) is 3.02. The average Bonchev–Trinajstić information content (AvgIpc) is 2.36. The summed E-state index contributed by atoms with van der Waals surface area (Å²) in [5.41, 5.74) is 0.929. The lowest BCUT2D eigenvalue weighted by Crippen LogP contribution is -2.42. The van der Waals surface area contributed by atoms with Crippen LogP contribution in [0.1, 0.15) is 27.2 Å². The number of rotatable bonds is 3. The fourth-order valence-electron chi connectivity index (χ4n) is 2.11. The number of carbonyl (C=O) groups excluding carboxylic acids is 1. The zero-order valence-electron chi connectivity index (χ0n) is 11.9. The van der Waals surface area contributed by atoms with Gasteiger partial charge in [0.25, 0.3) is 0 Å². The van der Waals surface area contributed by atoms with Crippen LogP contribution in [0, 0.1) is 0 Å². The number of amides is 1. The van der Waals surface area contributed by atoms with Gasteiger partial charge in [0.2, 0.25) is 5.91 Å². The highest BCUT2D eigenvalue weighted by molar-refractivity contribution is 5.95. The molecule has 2 rings (SSSR count). The Hall–Kier alpha value is -1.55. The number of nitrogens with zero attached hydrogens (tertiary/aromatic N) is 1. The minimum absolute atomic E-state index is 0.0448. The van der Waals surface area contributed by atoms with Crippen molar-refractivity contribution in [1.29, 1.82) is 0 Å². The molecule has 4 nitrogen and oxygen atoms in total. The van der Waals surface area contributed by atoms with E-state index in [2.05, 4.69) is 26.1 Å². The Labute approximate surface area is 114 Å².